The van der Waals surface area contributed by atoms with E-state index in [1.165, 1.54) is 6.07 Å². The molecule has 1 atom stereocenters. The van der Waals surface area contributed by atoms with Gasteiger partial charge in [0.05, 0.1) is 25.3 Å². The SMILES string of the molecule is COc1ccc(CC(=O)N2CCCC[C@H]2c2nc(-c3ccsc3)cc(=O)[nH]2)cc1C. The molecule has 1 aliphatic rings. The number of methoxy groups -OCH3 is 1. The van der Waals surface area contributed by atoms with E-state index in [0.29, 0.717) is 24.5 Å². The van der Waals surface area contributed by atoms with Crippen molar-refractivity contribution in [1.82, 2.24) is 14.9 Å². The molecule has 1 saturated heterocycles. The van der Waals surface area contributed by atoms with Gasteiger partial charge >= 0.3 is 0 Å². The van der Waals surface area contributed by atoms with Gasteiger partial charge in [0, 0.05) is 23.6 Å². The average molecular weight is 424 g/mol. The molecule has 156 valence electrons. The Labute approximate surface area is 179 Å². The number of benzene rings is 1. The molecule has 1 N–H and O–H groups in total. The maximum Gasteiger partial charge on any atom is 0.251 e. The van der Waals surface area contributed by atoms with E-state index in [9.17, 15) is 9.59 Å². The van der Waals surface area contributed by atoms with Gasteiger partial charge in [-0.2, -0.15) is 11.3 Å². The maximum absolute atomic E-state index is 13.2. The Morgan fingerprint density at radius 3 is 2.90 bits per heavy atom. The van der Waals surface area contributed by atoms with Gasteiger partial charge in [0.25, 0.3) is 5.56 Å². The number of thiophene rings is 1. The van der Waals surface area contributed by atoms with E-state index in [4.69, 9.17) is 9.72 Å². The second-order valence-corrected chi connectivity index (χ2v) is 8.39. The number of carbonyl (C=O) groups excluding carboxylic acids is 1. The van der Waals surface area contributed by atoms with Crippen molar-refractivity contribution in [3.05, 3.63) is 68.4 Å². The number of ether oxygens (including phenoxy) is 1. The maximum atomic E-state index is 13.2. The number of hydrogen-bond donors (Lipinski definition) is 1. The Hall–Kier alpha value is -2.93. The van der Waals surface area contributed by atoms with E-state index in [1.807, 2.05) is 46.8 Å². The van der Waals surface area contributed by atoms with Gasteiger partial charge in [0.15, 0.2) is 0 Å². The lowest BCUT2D eigenvalue weighted by atomic mass is 9.99. The third kappa shape index (κ3) is 4.31. The number of aryl methyl sites for hydroxylation is 1. The van der Waals surface area contributed by atoms with Gasteiger partial charge in [-0.15, -0.1) is 0 Å². The molecule has 4 rings (SSSR count). The van der Waals surface area contributed by atoms with Crippen molar-refractivity contribution in [3.63, 3.8) is 0 Å². The van der Waals surface area contributed by atoms with Crippen LogP contribution in [-0.2, 0) is 11.2 Å². The van der Waals surface area contributed by atoms with Crippen LogP contribution in [0.3, 0.4) is 0 Å². The van der Waals surface area contributed by atoms with Gasteiger partial charge in [-0.3, -0.25) is 9.59 Å². The van der Waals surface area contributed by atoms with Crippen LogP contribution in [0.5, 0.6) is 5.75 Å². The molecule has 0 spiro atoms. The molecule has 1 aromatic carbocycles. The first-order valence-electron chi connectivity index (χ1n) is 10.1. The molecule has 1 fully saturated rings. The highest BCUT2D eigenvalue weighted by molar-refractivity contribution is 7.08. The first-order chi connectivity index (χ1) is 14.5. The van der Waals surface area contributed by atoms with Gasteiger partial charge < -0.3 is 14.6 Å². The quantitative estimate of drug-likeness (QED) is 0.670. The fourth-order valence-corrected chi connectivity index (χ4v) is 4.68. The normalized spacial score (nSPS) is 16.5. The first kappa shape index (κ1) is 20.3. The summed E-state index contributed by atoms with van der Waals surface area (Å²) in [5.74, 6) is 1.43. The third-order valence-electron chi connectivity index (χ3n) is 5.53. The minimum atomic E-state index is -0.211. The summed E-state index contributed by atoms with van der Waals surface area (Å²) in [6, 6.07) is 9.08. The second kappa shape index (κ2) is 8.83. The molecule has 7 heteroatoms. The molecule has 0 radical (unpaired) electrons. The number of nitrogens with zero attached hydrogens (tertiary/aromatic N) is 2. The Morgan fingerprint density at radius 1 is 1.30 bits per heavy atom. The van der Waals surface area contributed by atoms with E-state index in [1.54, 1.807) is 18.4 Å². The van der Waals surface area contributed by atoms with Gasteiger partial charge in [-0.25, -0.2) is 4.98 Å². The average Bonchev–Trinajstić information content (AvgIpc) is 3.28. The van der Waals surface area contributed by atoms with Crippen LogP contribution >= 0.6 is 11.3 Å². The van der Waals surface area contributed by atoms with Crippen LogP contribution in [0.15, 0.2) is 45.9 Å². The molecule has 0 bridgehead atoms. The zero-order chi connectivity index (χ0) is 21.1. The number of rotatable bonds is 5. The molecule has 30 heavy (non-hydrogen) atoms. The molecule has 3 heterocycles. The van der Waals surface area contributed by atoms with Crippen molar-refractivity contribution >= 4 is 17.2 Å². The zero-order valence-electron chi connectivity index (χ0n) is 17.2. The Balaban J connectivity index is 1.59. The predicted molar refractivity (Wildman–Crippen MR) is 118 cm³/mol. The van der Waals surface area contributed by atoms with Crippen molar-refractivity contribution in [3.8, 4) is 17.0 Å². The van der Waals surface area contributed by atoms with E-state index in [-0.39, 0.29) is 17.5 Å². The van der Waals surface area contributed by atoms with Crippen molar-refractivity contribution < 1.29 is 9.53 Å². The second-order valence-electron chi connectivity index (χ2n) is 7.61. The fraction of sp³-hybridized carbons (Fsp3) is 0.348. The summed E-state index contributed by atoms with van der Waals surface area (Å²) in [4.78, 5) is 35.0. The number of hydrogen-bond acceptors (Lipinski definition) is 5. The molecular weight excluding hydrogens is 398 g/mol. The van der Waals surface area contributed by atoms with E-state index in [2.05, 4.69) is 4.98 Å². The molecule has 3 aromatic rings. The topological polar surface area (TPSA) is 75.3 Å². The monoisotopic (exact) mass is 423 g/mol. The Kier molecular flexibility index (Phi) is 5.99. The predicted octanol–water partition coefficient (Wildman–Crippen LogP) is 4.11. The zero-order valence-corrected chi connectivity index (χ0v) is 18.0. The highest BCUT2D eigenvalue weighted by Crippen LogP contribution is 2.30. The van der Waals surface area contributed by atoms with Crippen LogP contribution in [-0.4, -0.2) is 34.4 Å². The number of piperidine rings is 1. The lowest BCUT2D eigenvalue weighted by Crippen LogP contribution is -2.40. The van der Waals surface area contributed by atoms with Gasteiger partial charge in [-0.05, 0) is 54.8 Å². The summed E-state index contributed by atoms with van der Waals surface area (Å²) in [5.41, 5.74) is 3.35. The first-order valence-corrected chi connectivity index (χ1v) is 11.1. The molecular formula is C23H25N3O3S. The molecule has 0 saturated carbocycles. The lowest BCUT2D eigenvalue weighted by Gasteiger charge is -2.35. The summed E-state index contributed by atoms with van der Waals surface area (Å²) in [7, 11) is 1.64. The minimum absolute atomic E-state index is 0.0489. The van der Waals surface area contributed by atoms with Gasteiger partial charge in [-0.1, -0.05) is 12.1 Å². The Morgan fingerprint density at radius 2 is 2.17 bits per heavy atom. The van der Waals surface area contributed by atoms with Crippen molar-refractivity contribution in [2.75, 3.05) is 13.7 Å². The van der Waals surface area contributed by atoms with Crippen LogP contribution in [0.25, 0.3) is 11.3 Å². The van der Waals surface area contributed by atoms with Gasteiger partial charge in [0.1, 0.15) is 11.6 Å². The molecule has 0 unspecified atom stereocenters. The molecule has 6 nitrogen and oxygen atoms in total. The molecule has 1 aliphatic heterocycles. The molecule has 2 aromatic heterocycles. The third-order valence-corrected chi connectivity index (χ3v) is 6.21. The van der Waals surface area contributed by atoms with Crippen molar-refractivity contribution in [2.45, 2.75) is 38.6 Å². The Bertz CT molecular complexity index is 1090. The highest BCUT2D eigenvalue weighted by atomic mass is 32.1. The highest BCUT2D eigenvalue weighted by Gasteiger charge is 2.30. The van der Waals surface area contributed by atoms with Crippen LogP contribution in [0.4, 0.5) is 0 Å². The summed E-state index contributed by atoms with van der Waals surface area (Å²) in [6.07, 6.45) is 3.07. The molecule has 0 aliphatic carbocycles. The number of amides is 1. The van der Waals surface area contributed by atoms with Crippen LogP contribution in [0, 0.1) is 6.92 Å². The minimum Gasteiger partial charge on any atom is -0.496 e. The van der Waals surface area contributed by atoms with E-state index >= 15 is 0 Å². The van der Waals surface area contributed by atoms with E-state index in [0.717, 1.165) is 41.7 Å². The number of likely N-dealkylation sites (tertiary alicyclic amines) is 1. The van der Waals surface area contributed by atoms with Crippen molar-refractivity contribution in [2.24, 2.45) is 0 Å². The number of aromatic amines is 1. The largest absolute Gasteiger partial charge is 0.496 e. The number of nitrogens with one attached hydrogen (secondary N) is 1. The van der Waals surface area contributed by atoms with Crippen LogP contribution in [0.2, 0.25) is 0 Å². The summed E-state index contributed by atoms with van der Waals surface area (Å²) in [6.45, 7) is 2.64. The smallest absolute Gasteiger partial charge is 0.251 e. The summed E-state index contributed by atoms with van der Waals surface area (Å²) in [5, 5.41) is 3.94. The van der Waals surface area contributed by atoms with E-state index < -0.39 is 0 Å². The van der Waals surface area contributed by atoms with Crippen LogP contribution < -0.4 is 10.3 Å². The standard InChI is InChI=1S/C23H25N3O3S/c1-15-11-16(6-7-20(15)29-2)12-22(28)26-9-4-3-5-19(26)23-24-18(13-21(27)25-23)17-8-10-30-14-17/h6-8,10-11,13-14,19H,3-5,9,12H2,1-2H3,(H,24,25,27)/t19-/m0/s1. The summed E-state index contributed by atoms with van der Waals surface area (Å²) < 4.78 is 5.31. The summed E-state index contributed by atoms with van der Waals surface area (Å²) >= 11 is 1.57. The number of aromatic nitrogens is 2. The molecule has 1 amide bonds. The van der Waals surface area contributed by atoms with Crippen molar-refractivity contribution in [1.29, 1.82) is 0 Å². The lowest BCUT2D eigenvalue weighted by molar-refractivity contribution is -0.134. The number of H-pyrrole nitrogens is 1. The van der Waals surface area contributed by atoms with Gasteiger partial charge in [0.2, 0.25) is 5.91 Å². The number of carbonyl (C=O) groups is 1. The fourth-order valence-electron chi connectivity index (χ4n) is 4.03. The van der Waals surface area contributed by atoms with Crippen LogP contribution in [0.1, 0.15) is 42.3 Å².